The van der Waals surface area contributed by atoms with E-state index in [1.807, 2.05) is 0 Å². The zero-order valence-corrected chi connectivity index (χ0v) is 7.51. The maximum atomic E-state index is 5.33. The average molecular weight is 185 g/mol. The largest absolute Gasteiger partial charge is 0.379 e. The van der Waals surface area contributed by atoms with Crippen molar-refractivity contribution in [1.82, 2.24) is 9.59 Å². The fraction of sp³-hybridized carbons (Fsp3) is 0.714. The molecule has 0 bridgehead atoms. The molecule has 1 fully saturated rings. The lowest BCUT2D eigenvalue weighted by Gasteiger charge is -2.22. The highest BCUT2D eigenvalue weighted by molar-refractivity contribution is 7.09. The summed E-state index contributed by atoms with van der Waals surface area (Å²) in [6.45, 7) is 1.71. The summed E-state index contributed by atoms with van der Waals surface area (Å²) in [4.78, 5) is 0. The normalized spacial score (nSPS) is 23.8. The lowest BCUT2D eigenvalue weighted by Crippen LogP contribution is -2.29. The summed E-state index contributed by atoms with van der Waals surface area (Å²) in [5, 5.41) is 8.12. The molecular weight excluding hydrogens is 174 g/mol. The number of hydrogen-bond donors (Lipinski definition) is 1. The Hall–Kier alpha value is -0.680. The molecule has 1 N–H and O–H groups in total. The Morgan fingerprint density at radius 2 is 2.67 bits per heavy atom. The molecule has 0 aliphatic carbocycles. The quantitative estimate of drug-likeness (QED) is 0.750. The van der Waals surface area contributed by atoms with Crippen LogP contribution >= 0.6 is 11.5 Å². The molecule has 0 saturated carbocycles. The first kappa shape index (κ1) is 7.94. The lowest BCUT2D eigenvalue weighted by atomic mass is 10.1. The molecule has 1 aromatic heterocycles. The summed E-state index contributed by atoms with van der Waals surface area (Å²) < 4.78 is 9.11. The fourth-order valence-corrected chi connectivity index (χ4v) is 1.78. The maximum absolute atomic E-state index is 5.33. The molecule has 1 saturated heterocycles. The molecule has 2 heterocycles. The Balaban J connectivity index is 1.86. The van der Waals surface area contributed by atoms with Crippen molar-refractivity contribution in [3.8, 4) is 0 Å². The van der Waals surface area contributed by atoms with Crippen molar-refractivity contribution in [3.05, 3.63) is 6.20 Å². The Morgan fingerprint density at radius 1 is 1.67 bits per heavy atom. The van der Waals surface area contributed by atoms with Crippen LogP contribution in [-0.4, -0.2) is 28.8 Å². The molecule has 4 nitrogen and oxygen atoms in total. The van der Waals surface area contributed by atoms with Gasteiger partial charge in [0.2, 0.25) is 0 Å². The number of nitrogens with zero attached hydrogens (tertiary/aromatic N) is 2. The van der Waals surface area contributed by atoms with Crippen LogP contribution in [0.2, 0.25) is 0 Å². The van der Waals surface area contributed by atoms with Gasteiger partial charge in [-0.15, -0.1) is 5.10 Å². The molecule has 1 unspecified atom stereocenters. The Labute approximate surface area is 75.1 Å². The summed E-state index contributed by atoms with van der Waals surface area (Å²) in [7, 11) is 0. The highest BCUT2D eigenvalue weighted by Gasteiger charge is 2.13. The van der Waals surface area contributed by atoms with Gasteiger partial charge in [-0.2, -0.15) is 0 Å². The predicted molar refractivity (Wildman–Crippen MR) is 47.4 cm³/mol. The van der Waals surface area contributed by atoms with Gasteiger partial charge in [0.15, 0.2) is 0 Å². The first-order chi connectivity index (χ1) is 5.95. The molecule has 0 aromatic carbocycles. The molecular formula is C7H11N3OS. The molecule has 0 amide bonds. The molecule has 66 valence electrons. The second kappa shape index (κ2) is 3.82. The van der Waals surface area contributed by atoms with Crippen molar-refractivity contribution in [2.45, 2.75) is 18.9 Å². The minimum absolute atomic E-state index is 0.445. The van der Waals surface area contributed by atoms with Crippen LogP contribution in [0.4, 0.5) is 5.00 Å². The highest BCUT2D eigenvalue weighted by atomic mass is 32.1. The van der Waals surface area contributed by atoms with Crippen molar-refractivity contribution >= 4 is 16.5 Å². The zero-order chi connectivity index (χ0) is 8.23. The number of ether oxygens (including phenoxy) is 1. The molecule has 2 rings (SSSR count). The van der Waals surface area contributed by atoms with Crippen molar-refractivity contribution in [1.29, 1.82) is 0 Å². The third-order valence-corrected chi connectivity index (χ3v) is 2.46. The van der Waals surface area contributed by atoms with Crippen LogP contribution in [0.25, 0.3) is 0 Å². The van der Waals surface area contributed by atoms with Gasteiger partial charge in [-0.1, -0.05) is 4.49 Å². The molecule has 12 heavy (non-hydrogen) atoms. The van der Waals surface area contributed by atoms with Crippen molar-refractivity contribution in [2.24, 2.45) is 0 Å². The summed E-state index contributed by atoms with van der Waals surface area (Å²) in [6, 6.07) is 0.445. The van der Waals surface area contributed by atoms with E-state index in [-0.39, 0.29) is 0 Å². The van der Waals surface area contributed by atoms with Crippen molar-refractivity contribution in [3.63, 3.8) is 0 Å². The van der Waals surface area contributed by atoms with E-state index in [0.717, 1.165) is 24.6 Å². The van der Waals surface area contributed by atoms with Gasteiger partial charge in [0, 0.05) is 18.1 Å². The van der Waals surface area contributed by atoms with E-state index < -0.39 is 0 Å². The molecule has 0 spiro atoms. The van der Waals surface area contributed by atoms with Crippen LogP contribution in [-0.2, 0) is 4.74 Å². The van der Waals surface area contributed by atoms with E-state index >= 15 is 0 Å². The maximum Gasteiger partial charge on any atom is 0.130 e. The summed E-state index contributed by atoms with van der Waals surface area (Å²) >= 11 is 1.39. The van der Waals surface area contributed by atoms with Gasteiger partial charge in [0.1, 0.15) is 5.00 Å². The summed E-state index contributed by atoms with van der Waals surface area (Å²) in [6.07, 6.45) is 4.07. The molecule has 1 atom stereocenters. The molecule has 1 aliphatic rings. The van der Waals surface area contributed by atoms with E-state index in [1.165, 1.54) is 18.0 Å². The van der Waals surface area contributed by atoms with E-state index in [0.29, 0.717) is 6.04 Å². The topological polar surface area (TPSA) is 47.0 Å². The van der Waals surface area contributed by atoms with Crippen LogP contribution in [0.1, 0.15) is 12.8 Å². The monoisotopic (exact) mass is 185 g/mol. The third kappa shape index (κ3) is 1.92. The minimum Gasteiger partial charge on any atom is -0.379 e. The summed E-state index contributed by atoms with van der Waals surface area (Å²) in [5.74, 6) is 0. The van der Waals surface area contributed by atoms with Crippen molar-refractivity contribution < 1.29 is 4.74 Å². The number of nitrogens with one attached hydrogen (secondary N) is 1. The first-order valence-corrected chi connectivity index (χ1v) is 4.84. The van der Waals surface area contributed by atoms with Crippen LogP contribution < -0.4 is 5.32 Å². The molecule has 1 aliphatic heterocycles. The molecule has 0 radical (unpaired) electrons. The van der Waals surface area contributed by atoms with Crippen LogP contribution in [0.15, 0.2) is 6.20 Å². The van der Waals surface area contributed by atoms with E-state index in [1.54, 1.807) is 6.20 Å². The second-order valence-electron chi connectivity index (χ2n) is 2.84. The molecule has 1 aromatic rings. The average Bonchev–Trinajstić information content (AvgIpc) is 2.59. The minimum atomic E-state index is 0.445. The van der Waals surface area contributed by atoms with Gasteiger partial charge in [-0.05, 0) is 12.8 Å². The Kier molecular flexibility index (Phi) is 2.53. The van der Waals surface area contributed by atoms with Gasteiger partial charge < -0.3 is 10.1 Å². The van der Waals surface area contributed by atoms with Gasteiger partial charge in [0.25, 0.3) is 0 Å². The lowest BCUT2D eigenvalue weighted by molar-refractivity contribution is 0.0877. The number of rotatable bonds is 2. The SMILES string of the molecule is c1nnsc1NC1CCCOC1. The predicted octanol–water partition coefficient (Wildman–Crippen LogP) is 1.13. The second-order valence-corrected chi connectivity index (χ2v) is 3.63. The highest BCUT2D eigenvalue weighted by Crippen LogP contribution is 2.15. The van der Waals surface area contributed by atoms with E-state index in [4.69, 9.17) is 4.74 Å². The third-order valence-electron chi connectivity index (χ3n) is 1.87. The number of hydrogen-bond acceptors (Lipinski definition) is 5. The van der Waals surface area contributed by atoms with E-state index in [2.05, 4.69) is 14.9 Å². The van der Waals surface area contributed by atoms with Crippen LogP contribution in [0.3, 0.4) is 0 Å². The standard InChI is InChI=1S/C7H11N3OS/c1-2-6(5-11-3-1)9-7-4-8-10-12-7/h4,6,9H,1-3,5H2. The Morgan fingerprint density at radius 3 is 3.33 bits per heavy atom. The molecule has 5 heteroatoms. The van der Waals surface area contributed by atoms with Gasteiger partial charge in [0.05, 0.1) is 18.8 Å². The number of anilines is 1. The zero-order valence-electron chi connectivity index (χ0n) is 6.69. The van der Waals surface area contributed by atoms with Gasteiger partial charge in [-0.3, -0.25) is 0 Å². The van der Waals surface area contributed by atoms with Crippen LogP contribution in [0.5, 0.6) is 0 Å². The van der Waals surface area contributed by atoms with Gasteiger partial charge in [-0.25, -0.2) is 0 Å². The van der Waals surface area contributed by atoms with E-state index in [9.17, 15) is 0 Å². The fourth-order valence-electron chi connectivity index (χ4n) is 1.29. The number of aromatic nitrogens is 2. The Bertz CT molecular complexity index is 221. The van der Waals surface area contributed by atoms with Gasteiger partial charge >= 0.3 is 0 Å². The summed E-state index contributed by atoms with van der Waals surface area (Å²) in [5.41, 5.74) is 0. The smallest absolute Gasteiger partial charge is 0.130 e. The first-order valence-electron chi connectivity index (χ1n) is 4.07. The van der Waals surface area contributed by atoms with Crippen LogP contribution in [0, 0.1) is 0 Å². The van der Waals surface area contributed by atoms with Crippen molar-refractivity contribution in [2.75, 3.05) is 18.5 Å².